The van der Waals surface area contributed by atoms with Crippen LogP contribution in [0, 0.1) is 64.1 Å². The summed E-state index contributed by atoms with van der Waals surface area (Å²) >= 11 is 0. The van der Waals surface area contributed by atoms with E-state index in [1.54, 1.807) is 0 Å². The molecule has 12 aliphatic rings. The highest BCUT2D eigenvalue weighted by Crippen LogP contribution is 2.61. The van der Waals surface area contributed by atoms with Crippen LogP contribution in [0.3, 0.4) is 0 Å². The normalized spacial score (nSPS) is 47.8. The molecule has 0 aromatic rings. The van der Waals surface area contributed by atoms with Gasteiger partial charge in [0.2, 0.25) is 17.7 Å². The number of amides is 3. The van der Waals surface area contributed by atoms with Gasteiger partial charge < -0.3 is 16.0 Å². The number of hydrogen-bond donors (Lipinski definition) is 3. The first-order valence-electron chi connectivity index (χ1n) is 19.2. The Hall–Kier alpha value is -1.63. The van der Waals surface area contributed by atoms with Gasteiger partial charge in [-0.05, 0) is 180 Å². The Morgan fingerprint density at radius 2 is 0.733 bits per heavy atom. The zero-order valence-corrected chi connectivity index (χ0v) is 27.6. The van der Waals surface area contributed by atoms with Gasteiger partial charge in [-0.1, -0.05) is 0 Å². The molecule has 248 valence electrons. The van der Waals surface area contributed by atoms with E-state index in [0.29, 0.717) is 0 Å². The van der Waals surface area contributed by atoms with Crippen molar-refractivity contribution in [3.8, 4) is 0 Å². The standard InChI is InChI=1S/C38H58N4O3/c43-33(39-22-36-10-24-1-25(11-36)3-26(2-24)12-36)19-42(21-35(45)41-38-16-30-7-31(17-38)9-32(8-30)18-38)20-34(44)40-23-37-13-27-4-28(14-37)6-29(5-27)15-37/h24-32H,1-23H2,(H,39,43)(H,40,44)(H,41,45). The SMILES string of the molecule is O=C(CN(CC(=O)NCC12CC3CC(CC(C3)C1)C2)CC(=O)NC12CC3CC(CC(C3)C1)C2)NCC12CC3CC(CC(C3)C1)C2. The molecule has 0 radical (unpaired) electrons. The lowest BCUT2D eigenvalue weighted by molar-refractivity contribution is -0.131. The molecule has 7 heteroatoms. The first-order chi connectivity index (χ1) is 21.7. The summed E-state index contributed by atoms with van der Waals surface area (Å²) in [6.07, 6.45) is 23.4. The van der Waals surface area contributed by atoms with E-state index in [-0.39, 0.29) is 53.7 Å². The summed E-state index contributed by atoms with van der Waals surface area (Å²) in [6, 6.07) is 0. The van der Waals surface area contributed by atoms with Gasteiger partial charge >= 0.3 is 0 Å². The largest absolute Gasteiger partial charge is 0.354 e. The van der Waals surface area contributed by atoms with E-state index < -0.39 is 0 Å². The molecule has 3 N–H and O–H groups in total. The molecule has 12 rings (SSSR count). The van der Waals surface area contributed by atoms with Crippen molar-refractivity contribution < 1.29 is 14.4 Å². The van der Waals surface area contributed by atoms with Crippen LogP contribution in [0.5, 0.6) is 0 Å². The number of nitrogens with one attached hydrogen (secondary N) is 3. The third kappa shape index (κ3) is 5.88. The second kappa shape index (κ2) is 11.0. The summed E-state index contributed by atoms with van der Waals surface area (Å²) in [5.74, 6) is 7.38. The van der Waals surface area contributed by atoms with E-state index in [4.69, 9.17) is 0 Å². The lowest BCUT2D eigenvalue weighted by atomic mass is 9.49. The number of carbonyl (C=O) groups excluding carboxylic acids is 3. The van der Waals surface area contributed by atoms with Crippen LogP contribution in [0.4, 0.5) is 0 Å². The first kappa shape index (κ1) is 29.5. The monoisotopic (exact) mass is 618 g/mol. The second-order valence-corrected chi connectivity index (χ2v) is 19.3. The Morgan fingerprint density at radius 3 is 1.07 bits per heavy atom. The number of hydrogen-bond acceptors (Lipinski definition) is 4. The van der Waals surface area contributed by atoms with Gasteiger partial charge in [-0.2, -0.15) is 0 Å². The van der Waals surface area contributed by atoms with E-state index in [1.165, 1.54) is 96.3 Å². The van der Waals surface area contributed by atoms with Crippen molar-refractivity contribution in [3.05, 3.63) is 0 Å². The lowest BCUT2D eigenvalue weighted by Crippen LogP contribution is -2.61. The Kier molecular flexibility index (Phi) is 7.18. The Bertz CT molecular complexity index is 1040. The molecule has 7 nitrogen and oxygen atoms in total. The molecule has 0 atom stereocenters. The van der Waals surface area contributed by atoms with Crippen LogP contribution in [0.1, 0.15) is 116 Å². The van der Waals surface area contributed by atoms with Gasteiger partial charge in [0.25, 0.3) is 0 Å². The van der Waals surface area contributed by atoms with Crippen molar-refractivity contribution in [2.75, 3.05) is 32.7 Å². The maximum Gasteiger partial charge on any atom is 0.234 e. The number of carbonyl (C=O) groups is 3. The molecule has 12 saturated carbocycles. The highest BCUT2D eigenvalue weighted by atomic mass is 16.2. The van der Waals surface area contributed by atoms with Crippen LogP contribution in [0.25, 0.3) is 0 Å². The topological polar surface area (TPSA) is 90.5 Å². The van der Waals surface area contributed by atoms with Crippen LogP contribution in [0.15, 0.2) is 0 Å². The maximum absolute atomic E-state index is 13.7. The Morgan fingerprint density at radius 1 is 0.444 bits per heavy atom. The van der Waals surface area contributed by atoms with Crippen LogP contribution < -0.4 is 16.0 Å². The average molecular weight is 619 g/mol. The summed E-state index contributed by atoms with van der Waals surface area (Å²) in [6.45, 7) is 1.88. The van der Waals surface area contributed by atoms with Gasteiger partial charge in [-0.25, -0.2) is 0 Å². The number of nitrogens with zero attached hydrogens (tertiary/aromatic N) is 1. The van der Waals surface area contributed by atoms with Gasteiger partial charge in [0, 0.05) is 18.6 Å². The van der Waals surface area contributed by atoms with Crippen LogP contribution >= 0.6 is 0 Å². The van der Waals surface area contributed by atoms with Crippen molar-refractivity contribution in [2.45, 2.75) is 121 Å². The summed E-state index contributed by atoms with van der Waals surface area (Å²) in [4.78, 5) is 42.5. The summed E-state index contributed by atoms with van der Waals surface area (Å²) in [5, 5.41) is 10.1. The molecule has 12 aliphatic carbocycles. The van der Waals surface area contributed by atoms with E-state index in [1.807, 2.05) is 4.90 Å². The molecular weight excluding hydrogens is 560 g/mol. The van der Waals surface area contributed by atoms with E-state index in [9.17, 15) is 14.4 Å². The molecule has 12 bridgehead atoms. The summed E-state index contributed by atoms with van der Waals surface area (Å²) in [5.41, 5.74) is 0.500. The van der Waals surface area contributed by atoms with Crippen molar-refractivity contribution in [1.82, 2.24) is 20.9 Å². The Labute approximate surface area is 270 Å². The van der Waals surface area contributed by atoms with E-state index in [0.717, 1.165) is 85.6 Å². The minimum Gasteiger partial charge on any atom is -0.354 e. The Balaban J connectivity index is 0.835. The predicted molar refractivity (Wildman–Crippen MR) is 173 cm³/mol. The fourth-order valence-electron chi connectivity index (χ4n) is 15.1. The van der Waals surface area contributed by atoms with Gasteiger partial charge in [-0.3, -0.25) is 19.3 Å². The highest BCUT2D eigenvalue weighted by Gasteiger charge is 2.53. The summed E-state index contributed by atoms with van der Waals surface area (Å²) in [7, 11) is 0. The molecule has 12 fully saturated rings. The third-order valence-electron chi connectivity index (χ3n) is 15.2. The molecule has 0 spiro atoms. The van der Waals surface area contributed by atoms with Gasteiger partial charge in [0.1, 0.15) is 0 Å². The van der Waals surface area contributed by atoms with Crippen molar-refractivity contribution in [1.29, 1.82) is 0 Å². The molecule has 0 saturated heterocycles. The molecule has 0 aromatic carbocycles. The van der Waals surface area contributed by atoms with Crippen LogP contribution in [-0.4, -0.2) is 60.9 Å². The second-order valence-electron chi connectivity index (χ2n) is 19.3. The molecule has 0 aliphatic heterocycles. The first-order valence-corrected chi connectivity index (χ1v) is 19.2. The molecule has 45 heavy (non-hydrogen) atoms. The quantitative estimate of drug-likeness (QED) is 0.303. The van der Waals surface area contributed by atoms with Gasteiger partial charge in [0.05, 0.1) is 19.6 Å². The fraction of sp³-hybridized carbons (Fsp3) is 0.921. The molecule has 0 aromatic heterocycles. The lowest BCUT2D eigenvalue weighted by Gasteiger charge is -2.57. The van der Waals surface area contributed by atoms with Crippen molar-refractivity contribution in [3.63, 3.8) is 0 Å². The van der Waals surface area contributed by atoms with E-state index in [2.05, 4.69) is 16.0 Å². The third-order valence-corrected chi connectivity index (χ3v) is 15.2. The molecule has 0 unspecified atom stereocenters. The number of rotatable bonds is 11. The van der Waals surface area contributed by atoms with Crippen molar-refractivity contribution in [2.24, 2.45) is 64.1 Å². The van der Waals surface area contributed by atoms with E-state index >= 15 is 0 Å². The smallest absolute Gasteiger partial charge is 0.234 e. The highest BCUT2D eigenvalue weighted by molar-refractivity contribution is 5.84. The predicted octanol–water partition coefficient (Wildman–Crippen LogP) is 5.04. The van der Waals surface area contributed by atoms with Crippen molar-refractivity contribution >= 4 is 17.7 Å². The zero-order valence-electron chi connectivity index (χ0n) is 27.6. The van der Waals surface area contributed by atoms with Gasteiger partial charge in [-0.15, -0.1) is 0 Å². The summed E-state index contributed by atoms with van der Waals surface area (Å²) < 4.78 is 0. The fourth-order valence-corrected chi connectivity index (χ4v) is 15.1. The minimum atomic E-state index is -0.0565. The molecule has 3 amide bonds. The van der Waals surface area contributed by atoms with Crippen LogP contribution in [0.2, 0.25) is 0 Å². The minimum absolute atomic E-state index is 0.000261. The zero-order chi connectivity index (χ0) is 30.4. The maximum atomic E-state index is 13.7. The average Bonchev–Trinajstić information content (AvgIpc) is 2.93. The molecule has 0 heterocycles. The van der Waals surface area contributed by atoms with Gasteiger partial charge in [0.15, 0.2) is 0 Å². The van der Waals surface area contributed by atoms with Crippen LogP contribution in [-0.2, 0) is 14.4 Å². The molecular formula is C38H58N4O3.